The summed E-state index contributed by atoms with van der Waals surface area (Å²) in [4.78, 5) is 11.2. The van der Waals surface area contributed by atoms with Crippen LogP contribution in [-0.2, 0) is 0 Å². The molecule has 2 aromatic rings. The van der Waals surface area contributed by atoms with Crippen LogP contribution in [0.25, 0.3) is 0 Å². The van der Waals surface area contributed by atoms with Crippen LogP contribution in [0.3, 0.4) is 0 Å². The molecule has 5 heteroatoms. The molecule has 0 bridgehead atoms. The minimum Gasteiger partial charge on any atom is -0.497 e. The molecule has 1 aromatic heterocycles. The van der Waals surface area contributed by atoms with Gasteiger partial charge >= 0.3 is 0 Å². The summed E-state index contributed by atoms with van der Waals surface area (Å²) in [5, 5.41) is 3.24. The van der Waals surface area contributed by atoms with Crippen LogP contribution in [0.5, 0.6) is 5.75 Å². The van der Waals surface area contributed by atoms with E-state index in [0.29, 0.717) is 5.95 Å². The minimum atomic E-state index is 0.614. The maximum atomic E-state index is 5.16. The summed E-state index contributed by atoms with van der Waals surface area (Å²) in [6, 6.07) is 9.73. The molecule has 22 heavy (non-hydrogen) atoms. The van der Waals surface area contributed by atoms with Crippen LogP contribution < -0.4 is 15.0 Å². The number of unbranched alkanes of at least 4 members (excludes halogenated alkanes) is 1. The van der Waals surface area contributed by atoms with E-state index < -0.39 is 0 Å². The van der Waals surface area contributed by atoms with Crippen LogP contribution in [0, 0.1) is 6.92 Å². The lowest BCUT2D eigenvalue weighted by molar-refractivity contribution is 0.415. The molecule has 0 atom stereocenters. The zero-order valence-corrected chi connectivity index (χ0v) is 13.8. The van der Waals surface area contributed by atoms with Gasteiger partial charge in [0.2, 0.25) is 5.95 Å². The van der Waals surface area contributed by atoms with Crippen LogP contribution in [-0.4, -0.2) is 30.7 Å². The number of nitrogens with zero attached hydrogens (tertiary/aromatic N) is 3. The molecule has 2 rings (SSSR count). The zero-order valence-electron chi connectivity index (χ0n) is 13.8. The number of methoxy groups -OCH3 is 1. The van der Waals surface area contributed by atoms with E-state index in [9.17, 15) is 0 Å². The van der Waals surface area contributed by atoms with Crippen LogP contribution in [0.2, 0.25) is 0 Å². The number of ether oxygens (including phenoxy) is 1. The predicted molar refractivity (Wildman–Crippen MR) is 91.2 cm³/mol. The molecule has 1 N–H and O–H groups in total. The molecule has 118 valence electrons. The highest BCUT2D eigenvalue weighted by Gasteiger charge is 2.07. The topological polar surface area (TPSA) is 50.3 Å². The normalized spacial score (nSPS) is 10.4. The second kappa shape index (κ2) is 7.64. The van der Waals surface area contributed by atoms with Crippen molar-refractivity contribution in [3.8, 4) is 5.75 Å². The van der Waals surface area contributed by atoms with E-state index in [2.05, 4.69) is 34.2 Å². The standard InChI is InChI=1S/C17H24N4O/c1-5-6-11-21(3)16-12-13(2)18-17(20-16)19-14-7-9-15(22-4)10-8-14/h7-10,12H,5-6,11H2,1-4H3,(H,18,19,20). The second-order valence-electron chi connectivity index (χ2n) is 5.32. The maximum Gasteiger partial charge on any atom is 0.229 e. The number of hydrogen-bond donors (Lipinski definition) is 1. The number of anilines is 3. The third kappa shape index (κ3) is 4.35. The van der Waals surface area contributed by atoms with Gasteiger partial charge in [-0.1, -0.05) is 13.3 Å². The van der Waals surface area contributed by atoms with E-state index in [1.165, 1.54) is 6.42 Å². The third-order valence-corrected chi connectivity index (χ3v) is 3.43. The molecule has 0 spiro atoms. The Kier molecular flexibility index (Phi) is 5.58. The SMILES string of the molecule is CCCCN(C)c1cc(C)nc(Nc2ccc(OC)cc2)n1. The van der Waals surface area contributed by atoms with Crippen molar-refractivity contribution in [3.05, 3.63) is 36.0 Å². The second-order valence-corrected chi connectivity index (χ2v) is 5.32. The molecule has 0 amide bonds. The average molecular weight is 300 g/mol. The van der Waals surface area contributed by atoms with Crippen LogP contribution in [0.4, 0.5) is 17.5 Å². The Morgan fingerprint density at radius 1 is 1.18 bits per heavy atom. The van der Waals surface area contributed by atoms with Crippen LogP contribution >= 0.6 is 0 Å². The molecule has 5 nitrogen and oxygen atoms in total. The van der Waals surface area contributed by atoms with E-state index in [-0.39, 0.29) is 0 Å². The molecular formula is C17H24N4O. The van der Waals surface area contributed by atoms with E-state index in [1.54, 1.807) is 7.11 Å². The smallest absolute Gasteiger partial charge is 0.229 e. The van der Waals surface area contributed by atoms with Crippen molar-refractivity contribution in [2.45, 2.75) is 26.7 Å². The van der Waals surface area contributed by atoms with Crippen molar-refractivity contribution >= 4 is 17.5 Å². The highest BCUT2D eigenvalue weighted by molar-refractivity contribution is 5.56. The van der Waals surface area contributed by atoms with E-state index in [1.807, 2.05) is 37.3 Å². The summed E-state index contributed by atoms with van der Waals surface area (Å²) >= 11 is 0. The van der Waals surface area contributed by atoms with Crippen molar-refractivity contribution in [2.75, 3.05) is 30.9 Å². The Bertz CT molecular complexity index is 598. The predicted octanol–water partition coefficient (Wildman–Crippen LogP) is 3.77. The number of benzene rings is 1. The molecule has 0 unspecified atom stereocenters. The number of hydrogen-bond acceptors (Lipinski definition) is 5. The summed E-state index contributed by atoms with van der Waals surface area (Å²) < 4.78 is 5.16. The van der Waals surface area contributed by atoms with Gasteiger partial charge in [0.05, 0.1) is 7.11 Å². The highest BCUT2D eigenvalue weighted by atomic mass is 16.5. The molecule has 0 saturated carbocycles. The Hall–Kier alpha value is -2.30. The first kappa shape index (κ1) is 16.1. The Labute approximate surface area is 132 Å². The number of nitrogens with one attached hydrogen (secondary N) is 1. The van der Waals surface area contributed by atoms with Gasteiger partial charge in [0.15, 0.2) is 0 Å². The summed E-state index contributed by atoms with van der Waals surface area (Å²) in [5.41, 5.74) is 1.89. The van der Waals surface area contributed by atoms with Crippen molar-refractivity contribution < 1.29 is 4.74 Å². The maximum absolute atomic E-state index is 5.16. The van der Waals surface area contributed by atoms with Gasteiger partial charge in [-0.15, -0.1) is 0 Å². The summed E-state index contributed by atoms with van der Waals surface area (Å²) in [5.74, 6) is 2.39. The van der Waals surface area contributed by atoms with E-state index >= 15 is 0 Å². The van der Waals surface area contributed by atoms with E-state index in [0.717, 1.165) is 35.9 Å². The van der Waals surface area contributed by atoms with Gasteiger partial charge in [-0.25, -0.2) is 4.98 Å². The average Bonchev–Trinajstić information content (AvgIpc) is 2.52. The molecule has 1 heterocycles. The fourth-order valence-electron chi connectivity index (χ4n) is 2.12. The molecule has 0 fully saturated rings. The quantitative estimate of drug-likeness (QED) is 0.843. The zero-order chi connectivity index (χ0) is 15.9. The Balaban J connectivity index is 2.14. The minimum absolute atomic E-state index is 0.614. The van der Waals surface area contributed by atoms with Crippen molar-refractivity contribution in [1.82, 2.24) is 9.97 Å². The summed E-state index contributed by atoms with van der Waals surface area (Å²) in [6.45, 7) is 5.17. The molecule has 0 saturated heterocycles. The molecule has 1 aromatic carbocycles. The number of aromatic nitrogens is 2. The largest absolute Gasteiger partial charge is 0.497 e. The van der Waals surface area contributed by atoms with E-state index in [4.69, 9.17) is 4.74 Å². The molecule has 0 radical (unpaired) electrons. The first-order valence-electron chi connectivity index (χ1n) is 7.60. The van der Waals surface area contributed by atoms with Crippen molar-refractivity contribution in [1.29, 1.82) is 0 Å². The monoisotopic (exact) mass is 300 g/mol. The van der Waals surface area contributed by atoms with Gasteiger partial charge in [-0.05, 0) is 37.6 Å². The lowest BCUT2D eigenvalue weighted by atomic mass is 10.3. The number of aryl methyl sites for hydroxylation is 1. The Morgan fingerprint density at radius 3 is 2.55 bits per heavy atom. The lowest BCUT2D eigenvalue weighted by Crippen LogP contribution is -2.20. The van der Waals surface area contributed by atoms with Crippen molar-refractivity contribution in [3.63, 3.8) is 0 Å². The fourth-order valence-corrected chi connectivity index (χ4v) is 2.12. The fraction of sp³-hybridized carbons (Fsp3) is 0.412. The summed E-state index contributed by atoms with van der Waals surface area (Å²) in [6.07, 6.45) is 2.33. The third-order valence-electron chi connectivity index (χ3n) is 3.43. The van der Waals surface area contributed by atoms with Crippen molar-refractivity contribution in [2.24, 2.45) is 0 Å². The van der Waals surface area contributed by atoms with Gasteiger partial charge < -0.3 is 15.0 Å². The first-order valence-corrected chi connectivity index (χ1v) is 7.60. The molecular weight excluding hydrogens is 276 g/mol. The van der Waals surface area contributed by atoms with Gasteiger partial charge in [0.1, 0.15) is 11.6 Å². The van der Waals surface area contributed by atoms with Gasteiger partial charge in [0.25, 0.3) is 0 Å². The highest BCUT2D eigenvalue weighted by Crippen LogP contribution is 2.20. The van der Waals surface area contributed by atoms with Crippen LogP contribution in [0.15, 0.2) is 30.3 Å². The number of rotatable bonds is 7. The molecule has 0 aliphatic heterocycles. The molecule has 0 aliphatic carbocycles. The van der Waals surface area contributed by atoms with Crippen LogP contribution in [0.1, 0.15) is 25.5 Å². The van der Waals surface area contributed by atoms with Gasteiger partial charge in [-0.2, -0.15) is 4.98 Å². The van der Waals surface area contributed by atoms with Gasteiger partial charge in [-0.3, -0.25) is 0 Å². The summed E-state index contributed by atoms with van der Waals surface area (Å²) in [7, 11) is 3.72. The Morgan fingerprint density at radius 2 is 1.91 bits per heavy atom. The lowest BCUT2D eigenvalue weighted by Gasteiger charge is -2.19. The molecule has 0 aliphatic rings. The first-order chi connectivity index (χ1) is 10.6. The van der Waals surface area contributed by atoms with Gasteiger partial charge in [0, 0.05) is 31.0 Å².